The number of methoxy groups -OCH3 is 2. The summed E-state index contributed by atoms with van der Waals surface area (Å²) in [6.07, 6.45) is 0. The molecule has 0 aliphatic heterocycles. The molecule has 3 aromatic rings. The molecule has 0 radical (unpaired) electrons. The lowest BCUT2D eigenvalue weighted by atomic mass is 10.0. The third kappa shape index (κ3) is 4.07. The van der Waals surface area contributed by atoms with Crippen LogP contribution in [-0.2, 0) is 11.3 Å². The molecule has 9 heteroatoms. The van der Waals surface area contributed by atoms with Crippen molar-refractivity contribution in [1.82, 2.24) is 0 Å². The fraction of sp³-hybridized carbons (Fsp3) is 0.0952. The second-order valence-electron chi connectivity index (χ2n) is 6.12. The number of anilines is 2. The van der Waals surface area contributed by atoms with Gasteiger partial charge in [-0.1, -0.05) is 24.3 Å². The normalized spacial score (nSPS) is 11.6. The zero-order valence-corrected chi connectivity index (χ0v) is 16.9. The van der Waals surface area contributed by atoms with Gasteiger partial charge in [-0.25, -0.2) is 13.3 Å². The number of hydrogen-bond donors (Lipinski definition) is 3. The molecule has 0 spiro atoms. The van der Waals surface area contributed by atoms with Crippen molar-refractivity contribution in [2.75, 3.05) is 18.5 Å². The van der Waals surface area contributed by atoms with E-state index in [4.69, 9.17) is 14.6 Å². The van der Waals surface area contributed by atoms with Crippen molar-refractivity contribution in [1.29, 1.82) is 0 Å². The van der Waals surface area contributed by atoms with Crippen LogP contribution in [0.4, 0.5) is 11.4 Å². The van der Waals surface area contributed by atoms with Crippen LogP contribution in [0.25, 0.3) is 11.1 Å². The number of aromatic hydroxyl groups is 1. The molecular formula is C21H19NO7S. The summed E-state index contributed by atoms with van der Waals surface area (Å²) in [5, 5.41) is 19.1. The molecule has 8 nitrogen and oxygen atoms in total. The summed E-state index contributed by atoms with van der Waals surface area (Å²) in [7, 11) is 3.05. The molecule has 0 aliphatic carbocycles. The average molecular weight is 429 g/mol. The maximum atomic E-state index is 12.1. The maximum absolute atomic E-state index is 12.1. The predicted molar refractivity (Wildman–Crippen MR) is 113 cm³/mol. The van der Waals surface area contributed by atoms with E-state index in [1.54, 1.807) is 30.3 Å². The van der Waals surface area contributed by atoms with E-state index in [-0.39, 0.29) is 11.3 Å². The minimum Gasteiger partial charge on any atom is -0.507 e. The first-order valence-electron chi connectivity index (χ1n) is 8.66. The molecule has 3 aromatic carbocycles. The van der Waals surface area contributed by atoms with Gasteiger partial charge in [0.25, 0.3) is 11.3 Å². The van der Waals surface area contributed by atoms with Crippen LogP contribution >= 0.6 is 0 Å². The average Bonchev–Trinajstić information content (AvgIpc) is 2.73. The van der Waals surface area contributed by atoms with Gasteiger partial charge in [-0.15, -0.1) is 0 Å². The van der Waals surface area contributed by atoms with E-state index < -0.39 is 23.0 Å². The number of carboxylic acids is 1. The van der Waals surface area contributed by atoms with Crippen LogP contribution in [0, 0.1) is 0 Å². The molecule has 0 aliphatic rings. The van der Waals surface area contributed by atoms with Crippen LogP contribution in [-0.4, -0.2) is 39.2 Å². The Labute approximate surface area is 175 Å². The first-order chi connectivity index (χ1) is 14.4. The topological polar surface area (TPSA) is 117 Å². The number of hydrogen-bond acceptors (Lipinski definition) is 5. The fourth-order valence-corrected chi connectivity index (χ4v) is 3.66. The van der Waals surface area contributed by atoms with E-state index in [9.17, 15) is 18.7 Å². The van der Waals surface area contributed by atoms with E-state index >= 15 is 0 Å². The van der Waals surface area contributed by atoms with Crippen molar-refractivity contribution in [2.45, 2.75) is 0 Å². The van der Waals surface area contributed by atoms with Crippen molar-refractivity contribution in [3.8, 4) is 28.4 Å². The van der Waals surface area contributed by atoms with Crippen LogP contribution in [0.15, 0.2) is 60.7 Å². The smallest absolute Gasteiger partial charge is 0.339 e. The monoisotopic (exact) mass is 429 g/mol. The van der Waals surface area contributed by atoms with Crippen LogP contribution < -0.4 is 13.8 Å². The van der Waals surface area contributed by atoms with E-state index in [0.717, 1.165) is 10.4 Å². The predicted octanol–water partition coefficient (Wildman–Crippen LogP) is 4.05. The second kappa shape index (κ2) is 8.85. The molecular weight excluding hydrogens is 410 g/mol. The van der Waals surface area contributed by atoms with Crippen LogP contribution in [0.5, 0.6) is 17.2 Å². The SMILES string of the molecule is COc1cccc(-c2cccc(N(c3ccc(C(=O)O)c(O)c3)S(=O)O)c2)c1OC. The zero-order chi connectivity index (χ0) is 21.8. The molecule has 0 aromatic heterocycles. The Morgan fingerprint density at radius 3 is 2.27 bits per heavy atom. The Balaban J connectivity index is 2.10. The van der Waals surface area contributed by atoms with E-state index in [0.29, 0.717) is 28.3 Å². The first-order valence-corrected chi connectivity index (χ1v) is 9.72. The van der Waals surface area contributed by atoms with Crippen molar-refractivity contribution >= 4 is 28.6 Å². The van der Waals surface area contributed by atoms with Crippen molar-refractivity contribution in [2.24, 2.45) is 0 Å². The molecule has 0 saturated carbocycles. The highest BCUT2D eigenvalue weighted by Gasteiger charge is 2.20. The largest absolute Gasteiger partial charge is 0.507 e. The molecule has 0 saturated heterocycles. The Kier molecular flexibility index (Phi) is 6.24. The molecule has 30 heavy (non-hydrogen) atoms. The molecule has 0 heterocycles. The summed E-state index contributed by atoms with van der Waals surface area (Å²) in [5.74, 6) is -0.765. The van der Waals surface area contributed by atoms with Crippen molar-refractivity contribution in [3.05, 3.63) is 66.2 Å². The van der Waals surface area contributed by atoms with Crippen molar-refractivity contribution in [3.63, 3.8) is 0 Å². The number of carboxylic acid groups (broad SMARTS) is 1. The summed E-state index contributed by atoms with van der Waals surface area (Å²) < 4.78 is 33.8. The molecule has 0 bridgehead atoms. The second-order valence-corrected chi connectivity index (χ2v) is 6.95. The zero-order valence-electron chi connectivity index (χ0n) is 16.1. The van der Waals surface area contributed by atoms with Gasteiger partial charge in [0.2, 0.25) is 0 Å². The summed E-state index contributed by atoms with van der Waals surface area (Å²) in [4.78, 5) is 11.1. The van der Waals surface area contributed by atoms with Crippen LogP contribution in [0.3, 0.4) is 0 Å². The number of para-hydroxylation sites is 1. The number of aromatic carboxylic acids is 1. The minimum atomic E-state index is -2.49. The minimum absolute atomic E-state index is 0.146. The lowest BCUT2D eigenvalue weighted by Gasteiger charge is -2.21. The highest BCUT2D eigenvalue weighted by atomic mass is 32.2. The number of ether oxygens (including phenoxy) is 2. The Bertz CT molecular complexity index is 1120. The number of benzene rings is 3. The highest BCUT2D eigenvalue weighted by molar-refractivity contribution is 7.81. The molecule has 1 unspecified atom stereocenters. The summed E-state index contributed by atoms with van der Waals surface area (Å²) >= 11 is -2.49. The van der Waals surface area contributed by atoms with Gasteiger partial charge >= 0.3 is 5.97 Å². The molecule has 156 valence electrons. The van der Waals surface area contributed by atoms with Crippen molar-refractivity contribution < 1.29 is 33.2 Å². The third-order valence-corrected chi connectivity index (χ3v) is 5.13. The Morgan fingerprint density at radius 1 is 0.967 bits per heavy atom. The van der Waals surface area contributed by atoms with Crippen LogP contribution in [0.2, 0.25) is 0 Å². The summed E-state index contributed by atoms with van der Waals surface area (Å²) in [6.45, 7) is 0. The fourth-order valence-electron chi connectivity index (χ4n) is 3.07. The van der Waals surface area contributed by atoms with Crippen LogP contribution in [0.1, 0.15) is 10.4 Å². The Morgan fingerprint density at radius 2 is 1.67 bits per heavy atom. The molecule has 3 rings (SSSR count). The van der Waals surface area contributed by atoms with Gasteiger partial charge in [0.05, 0.1) is 25.6 Å². The van der Waals surface area contributed by atoms with Gasteiger partial charge in [-0.05, 0) is 35.9 Å². The third-order valence-electron chi connectivity index (χ3n) is 4.40. The van der Waals surface area contributed by atoms with Gasteiger partial charge in [0, 0.05) is 11.6 Å². The lowest BCUT2D eigenvalue weighted by molar-refractivity contribution is 0.0693. The molecule has 3 N–H and O–H groups in total. The summed E-state index contributed by atoms with van der Waals surface area (Å²) in [5.41, 5.74) is 1.60. The van der Waals surface area contributed by atoms with Gasteiger partial charge in [0.1, 0.15) is 11.3 Å². The van der Waals surface area contributed by atoms with Gasteiger partial charge in [0.15, 0.2) is 11.5 Å². The highest BCUT2D eigenvalue weighted by Crippen LogP contribution is 2.40. The van der Waals surface area contributed by atoms with Gasteiger partial charge < -0.3 is 19.7 Å². The number of nitrogens with zero attached hydrogens (tertiary/aromatic N) is 1. The quantitative estimate of drug-likeness (QED) is 0.485. The van der Waals surface area contributed by atoms with E-state index in [2.05, 4.69) is 0 Å². The molecule has 0 fully saturated rings. The summed E-state index contributed by atoms with van der Waals surface area (Å²) in [6, 6.07) is 15.8. The van der Waals surface area contributed by atoms with Gasteiger partial charge in [-0.2, -0.15) is 0 Å². The van der Waals surface area contributed by atoms with Gasteiger partial charge in [-0.3, -0.25) is 4.55 Å². The molecule has 1 atom stereocenters. The van der Waals surface area contributed by atoms with E-state index in [1.165, 1.54) is 26.4 Å². The standard InChI is InChI=1S/C21H19NO7S/c1-28-19-8-4-7-16(20(19)29-2)13-5-3-6-14(11-13)22(30(26)27)15-9-10-17(21(24)25)18(23)12-15/h3-12,23H,1-2H3,(H,24,25)(H,26,27). The maximum Gasteiger partial charge on any atom is 0.339 e. The lowest BCUT2D eigenvalue weighted by Crippen LogP contribution is -2.19. The first kappa shape index (κ1) is 21.2. The number of carbonyl (C=O) groups is 1. The molecule has 0 amide bonds. The van der Waals surface area contributed by atoms with E-state index in [1.807, 2.05) is 12.1 Å². The number of rotatable bonds is 7. The number of phenols is 1. The Hall–Kier alpha value is -3.56.